The van der Waals surface area contributed by atoms with Crippen molar-refractivity contribution in [2.75, 3.05) is 0 Å². The second kappa shape index (κ2) is 6.65. The van der Waals surface area contributed by atoms with Crippen LogP contribution in [0.25, 0.3) is 0 Å². The van der Waals surface area contributed by atoms with E-state index < -0.39 is 10.0 Å². The van der Waals surface area contributed by atoms with Gasteiger partial charge in [-0.25, -0.2) is 13.1 Å². The van der Waals surface area contributed by atoms with Gasteiger partial charge in [-0.3, -0.25) is 4.98 Å². The molecule has 0 saturated heterocycles. The Bertz CT molecular complexity index is 748. The summed E-state index contributed by atoms with van der Waals surface area (Å²) in [6.07, 6.45) is 3.33. The minimum Gasteiger partial charge on any atom is -0.326 e. The molecule has 5 nitrogen and oxygen atoms in total. The molecule has 2 rings (SSSR count). The first-order chi connectivity index (χ1) is 9.94. The normalized spacial score (nSPS) is 11.6. The van der Waals surface area contributed by atoms with Gasteiger partial charge in [-0.15, -0.1) is 0 Å². The third-order valence-corrected chi connectivity index (χ3v) is 5.50. The number of halogens is 1. The molecule has 0 unspecified atom stereocenters. The molecule has 0 aliphatic carbocycles. The van der Waals surface area contributed by atoms with Gasteiger partial charge in [-0.1, -0.05) is 6.07 Å². The van der Waals surface area contributed by atoms with Gasteiger partial charge in [0.1, 0.15) is 0 Å². The maximum Gasteiger partial charge on any atom is 0.241 e. The maximum absolute atomic E-state index is 12.3. The van der Waals surface area contributed by atoms with Gasteiger partial charge in [0.15, 0.2) is 0 Å². The third kappa shape index (κ3) is 3.88. The zero-order valence-corrected chi connectivity index (χ0v) is 13.9. The van der Waals surface area contributed by atoms with E-state index in [0.717, 1.165) is 16.7 Å². The number of pyridine rings is 1. The average molecular weight is 370 g/mol. The molecule has 0 saturated carbocycles. The summed E-state index contributed by atoms with van der Waals surface area (Å²) in [5.41, 5.74) is 8.24. The summed E-state index contributed by atoms with van der Waals surface area (Å²) in [5.74, 6) is 0. The highest BCUT2D eigenvalue weighted by Gasteiger charge is 2.17. The molecule has 0 spiro atoms. The molecule has 7 heteroatoms. The summed E-state index contributed by atoms with van der Waals surface area (Å²) < 4.78 is 27.8. The molecule has 1 aromatic carbocycles. The van der Waals surface area contributed by atoms with Crippen LogP contribution in [-0.4, -0.2) is 13.4 Å². The third-order valence-electron chi connectivity index (χ3n) is 3.12. The number of rotatable bonds is 5. The van der Waals surface area contributed by atoms with Crippen LogP contribution >= 0.6 is 15.9 Å². The molecule has 0 aliphatic heterocycles. The van der Waals surface area contributed by atoms with Gasteiger partial charge in [0.05, 0.1) is 4.90 Å². The van der Waals surface area contributed by atoms with Crippen LogP contribution in [0.1, 0.15) is 16.7 Å². The molecule has 112 valence electrons. The molecule has 0 radical (unpaired) electrons. The minimum atomic E-state index is -3.60. The highest BCUT2D eigenvalue weighted by Crippen LogP contribution is 2.23. The zero-order valence-electron chi connectivity index (χ0n) is 11.5. The lowest BCUT2D eigenvalue weighted by Gasteiger charge is -2.10. The van der Waals surface area contributed by atoms with Gasteiger partial charge in [0.2, 0.25) is 10.0 Å². The van der Waals surface area contributed by atoms with Crippen LogP contribution in [0.3, 0.4) is 0 Å². The van der Waals surface area contributed by atoms with E-state index in [9.17, 15) is 8.42 Å². The number of hydrogen-bond acceptors (Lipinski definition) is 4. The molecule has 0 aliphatic rings. The lowest BCUT2D eigenvalue weighted by Crippen LogP contribution is -2.24. The van der Waals surface area contributed by atoms with Crippen LogP contribution < -0.4 is 10.5 Å². The zero-order chi connectivity index (χ0) is 15.5. The lowest BCUT2D eigenvalue weighted by molar-refractivity contribution is 0.580. The number of nitrogens with one attached hydrogen (secondary N) is 1. The Labute approximate surface area is 132 Å². The first kappa shape index (κ1) is 16.1. The summed E-state index contributed by atoms with van der Waals surface area (Å²) in [6.45, 7) is 2.48. The topological polar surface area (TPSA) is 85.1 Å². The minimum absolute atomic E-state index is 0.196. The number of benzene rings is 1. The van der Waals surface area contributed by atoms with Gasteiger partial charge in [0, 0.05) is 30.0 Å². The molecule has 0 fully saturated rings. The average Bonchev–Trinajstić information content (AvgIpc) is 2.46. The van der Waals surface area contributed by atoms with Crippen LogP contribution in [0, 0.1) is 6.92 Å². The molecule has 0 atom stereocenters. The van der Waals surface area contributed by atoms with Crippen molar-refractivity contribution in [2.45, 2.75) is 24.9 Å². The molecular formula is C14H16BrN3O2S. The Morgan fingerprint density at radius 3 is 2.71 bits per heavy atom. The van der Waals surface area contributed by atoms with Gasteiger partial charge >= 0.3 is 0 Å². The Morgan fingerprint density at radius 1 is 1.33 bits per heavy atom. The number of sulfonamides is 1. The van der Waals surface area contributed by atoms with Crippen molar-refractivity contribution in [3.8, 4) is 0 Å². The van der Waals surface area contributed by atoms with E-state index in [2.05, 4.69) is 25.6 Å². The van der Waals surface area contributed by atoms with Gasteiger partial charge in [-0.2, -0.15) is 0 Å². The summed E-state index contributed by atoms with van der Waals surface area (Å²) >= 11 is 3.28. The Morgan fingerprint density at radius 2 is 2.10 bits per heavy atom. The van der Waals surface area contributed by atoms with Crippen molar-refractivity contribution >= 4 is 26.0 Å². The van der Waals surface area contributed by atoms with Crippen molar-refractivity contribution in [1.29, 1.82) is 0 Å². The molecule has 21 heavy (non-hydrogen) atoms. The predicted molar refractivity (Wildman–Crippen MR) is 85.0 cm³/mol. The van der Waals surface area contributed by atoms with Crippen molar-refractivity contribution in [3.05, 3.63) is 57.8 Å². The van der Waals surface area contributed by atoms with Gasteiger partial charge < -0.3 is 5.73 Å². The van der Waals surface area contributed by atoms with Crippen LogP contribution in [0.15, 0.2) is 46.0 Å². The standard InChI is InChI=1S/C14H16BrN3O2S/c1-10-4-5-17-8-12(10)9-18-21(19,20)14-3-2-11(7-16)6-13(14)15/h2-6,8,18H,7,9,16H2,1H3. The van der Waals surface area contributed by atoms with E-state index in [1.54, 1.807) is 30.6 Å². The van der Waals surface area contributed by atoms with Gasteiger partial charge in [0.25, 0.3) is 0 Å². The highest BCUT2D eigenvalue weighted by molar-refractivity contribution is 9.10. The monoisotopic (exact) mass is 369 g/mol. The van der Waals surface area contributed by atoms with E-state index in [1.807, 2.05) is 13.0 Å². The second-order valence-corrected chi connectivity index (χ2v) is 7.19. The SMILES string of the molecule is Cc1ccncc1CNS(=O)(=O)c1ccc(CN)cc1Br. The molecule has 0 amide bonds. The Balaban J connectivity index is 2.21. The van der Waals surface area contributed by atoms with Crippen molar-refractivity contribution in [1.82, 2.24) is 9.71 Å². The van der Waals surface area contributed by atoms with Crippen molar-refractivity contribution < 1.29 is 8.42 Å². The molecule has 1 heterocycles. The Hall–Kier alpha value is -1.28. The fourth-order valence-corrected chi connectivity index (χ4v) is 3.95. The van der Waals surface area contributed by atoms with E-state index in [0.29, 0.717) is 11.0 Å². The van der Waals surface area contributed by atoms with Crippen molar-refractivity contribution in [3.63, 3.8) is 0 Å². The molecule has 0 bridgehead atoms. The number of hydrogen-bond donors (Lipinski definition) is 2. The quantitative estimate of drug-likeness (QED) is 0.844. The largest absolute Gasteiger partial charge is 0.326 e. The second-order valence-electron chi connectivity index (χ2n) is 4.60. The molecule has 1 aromatic heterocycles. The first-order valence-corrected chi connectivity index (χ1v) is 8.59. The summed E-state index contributed by atoms with van der Waals surface area (Å²) in [5, 5.41) is 0. The van der Waals surface area contributed by atoms with Crippen LogP contribution in [0.4, 0.5) is 0 Å². The number of nitrogens with zero attached hydrogens (tertiary/aromatic N) is 1. The summed E-state index contributed by atoms with van der Waals surface area (Å²) in [4.78, 5) is 4.20. The fourth-order valence-electron chi connectivity index (χ4n) is 1.82. The van der Waals surface area contributed by atoms with E-state index in [1.165, 1.54) is 0 Å². The fraction of sp³-hybridized carbons (Fsp3) is 0.214. The van der Waals surface area contributed by atoms with E-state index in [-0.39, 0.29) is 11.4 Å². The summed E-state index contributed by atoms with van der Waals surface area (Å²) in [6, 6.07) is 6.80. The van der Waals surface area contributed by atoms with Crippen molar-refractivity contribution in [2.24, 2.45) is 5.73 Å². The number of nitrogens with two attached hydrogens (primary N) is 1. The van der Waals surface area contributed by atoms with E-state index in [4.69, 9.17) is 5.73 Å². The lowest BCUT2D eigenvalue weighted by atomic mass is 10.2. The first-order valence-electron chi connectivity index (χ1n) is 6.31. The maximum atomic E-state index is 12.3. The van der Waals surface area contributed by atoms with Crippen LogP contribution in [0.2, 0.25) is 0 Å². The summed E-state index contributed by atoms with van der Waals surface area (Å²) in [7, 11) is -3.60. The smallest absolute Gasteiger partial charge is 0.241 e. The molecular weight excluding hydrogens is 354 g/mol. The number of aryl methyl sites for hydroxylation is 1. The molecule has 3 N–H and O–H groups in total. The van der Waals surface area contributed by atoms with Gasteiger partial charge in [-0.05, 0) is 57.7 Å². The highest BCUT2D eigenvalue weighted by atomic mass is 79.9. The van der Waals surface area contributed by atoms with Crippen LogP contribution in [0.5, 0.6) is 0 Å². The van der Waals surface area contributed by atoms with E-state index >= 15 is 0 Å². The number of aromatic nitrogens is 1. The van der Waals surface area contributed by atoms with Crippen LogP contribution in [-0.2, 0) is 23.1 Å². The molecule has 2 aromatic rings. The Kier molecular flexibility index (Phi) is 5.10. The predicted octanol–water partition coefficient (Wildman–Crippen LogP) is 2.09.